The lowest BCUT2D eigenvalue weighted by Crippen LogP contribution is -2.15. The molecule has 0 unspecified atom stereocenters. The van der Waals surface area contributed by atoms with Crippen molar-refractivity contribution >= 4 is 17.5 Å². The van der Waals surface area contributed by atoms with E-state index < -0.39 is 0 Å². The Kier molecular flexibility index (Phi) is 3.47. The summed E-state index contributed by atoms with van der Waals surface area (Å²) in [5.74, 6) is -0.0530. The summed E-state index contributed by atoms with van der Waals surface area (Å²) in [6.45, 7) is 1.87. The van der Waals surface area contributed by atoms with Crippen molar-refractivity contribution in [1.82, 2.24) is 15.2 Å². The molecule has 1 amide bonds. The van der Waals surface area contributed by atoms with Gasteiger partial charge in [-0.3, -0.25) is 10.1 Å². The van der Waals surface area contributed by atoms with E-state index in [4.69, 9.17) is 0 Å². The van der Waals surface area contributed by atoms with Crippen LogP contribution in [0.15, 0.2) is 30.6 Å². The van der Waals surface area contributed by atoms with Crippen LogP contribution in [0.4, 0.5) is 11.6 Å². The van der Waals surface area contributed by atoms with Gasteiger partial charge in [0.1, 0.15) is 0 Å². The third kappa shape index (κ3) is 2.60. The summed E-state index contributed by atoms with van der Waals surface area (Å²) in [7, 11) is 1.83. The second-order valence-electron chi connectivity index (χ2n) is 3.70. The molecular formula is C12H13N5O. The zero-order chi connectivity index (χ0) is 13.0. The molecule has 0 saturated carbocycles. The summed E-state index contributed by atoms with van der Waals surface area (Å²) in [6.07, 6.45) is 2.92. The maximum Gasteiger partial charge on any atom is 0.258 e. The van der Waals surface area contributed by atoms with Gasteiger partial charge in [0, 0.05) is 18.3 Å². The third-order valence-electron chi connectivity index (χ3n) is 2.47. The van der Waals surface area contributed by atoms with Crippen LogP contribution in [-0.2, 0) is 0 Å². The number of rotatable bonds is 3. The monoisotopic (exact) mass is 243 g/mol. The number of carbonyl (C=O) groups is 1. The van der Waals surface area contributed by atoms with Crippen LogP contribution in [0, 0.1) is 6.92 Å². The van der Waals surface area contributed by atoms with E-state index in [1.165, 1.54) is 12.4 Å². The lowest BCUT2D eigenvalue weighted by Gasteiger charge is -2.08. The molecule has 6 heteroatoms. The molecule has 6 nitrogen and oxygen atoms in total. The minimum absolute atomic E-state index is 0.194. The summed E-state index contributed by atoms with van der Waals surface area (Å²) in [5.41, 5.74) is 2.42. The molecule has 0 aliphatic rings. The van der Waals surface area contributed by atoms with Crippen LogP contribution < -0.4 is 10.6 Å². The molecule has 0 atom stereocenters. The lowest BCUT2D eigenvalue weighted by atomic mass is 10.1. The van der Waals surface area contributed by atoms with Gasteiger partial charge in [-0.25, -0.2) is 4.98 Å². The number of nitrogens with one attached hydrogen (secondary N) is 2. The third-order valence-corrected chi connectivity index (χ3v) is 2.47. The Balaban J connectivity index is 2.19. The maximum absolute atomic E-state index is 12.0. The van der Waals surface area contributed by atoms with E-state index in [0.29, 0.717) is 5.56 Å². The standard InChI is InChI=1S/C12H13N5O/c1-8-7-9(13-2)3-4-10(8)11(18)16-12-14-5-6-15-17-12/h3-7,13H,1-2H3,(H,14,16,17,18). The fourth-order valence-electron chi connectivity index (χ4n) is 1.55. The van der Waals surface area contributed by atoms with Crippen LogP contribution in [-0.4, -0.2) is 28.1 Å². The second kappa shape index (κ2) is 5.22. The number of hydrogen-bond donors (Lipinski definition) is 2. The van der Waals surface area contributed by atoms with E-state index in [-0.39, 0.29) is 11.9 Å². The average molecular weight is 243 g/mol. The Bertz CT molecular complexity index is 556. The Labute approximate surface area is 104 Å². The van der Waals surface area contributed by atoms with Crippen molar-refractivity contribution in [2.24, 2.45) is 0 Å². The van der Waals surface area contributed by atoms with Crippen LogP contribution in [0.2, 0.25) is 0 Å². The minimum atomic E-state index is -0.247. The summed E-state index contributed by atoms with van der Waals surface area (Å²) >= 11 is 0. The Morgan fingerprint density at radius 2 is 2.11 bits per heavy atom. The van der Waals surface area contributed by atoms with Gasteiger partial charge in [0.15, 0.2) is 0 Å². The highest BCUT2D eigenvalue weighted by Gasteiger charge is 2.10. The first-order chi connectivity index (χ1) is 8.70. The normalized spacial score (nSPS) is 9.89. The van der Waals surface area contributed by atoms with Crippen molar-refractivity contribution in [3.8, 4) is 0 Å². The zero-order valence-electron chi connectivity index (χ0n) is 10.1. The van der Waals surface area contributed by atoms with E-state index in [2.05, 4.69) is 25.8 Å². The first-order valence-electron chi connectivity index (χ1n) is 5.44. The fraction of sp³-hybridized carbons (Fsp3) is 0.167. The molecule has 1 heterocycles. The number of hydrogen-bond acceptors (Lipinski definition) is 5. The predicted molar refractivity (Wildman–Crippen MR) is 68.5 cm³/mol. The van der Waals surface area contributed by atoms with Gasteiger partial charge in [-0.2, -0.15) is 5.10 Å². The minimum Gasteiger partial charge on any atom is -0.388 e. The smallest absolute Gasteiger partial charge is 0.258 e. The van der Waals surface area contributed by atoms with Gasteiger partial charge >= 0.3 is 0 Å². The molecule has 92 valence electrons. The van der Waals surface area contributed by atoms with E-state index >= 15 is 0 Å². The van der Waals surface area contributed by atoms with Crippen molar-refractivity contribution in [2.75, 3.05) is 17.7 Å². The van der Waals surface area contributed by atoms with E-state index in [1.54, 1.807) is 6.07 Å². The molecule has 0 radical (unpaired) electrons. The SMILES string of the molecule is CNc1ccc(C(=O)Nc2nccnn2)c(C)c1. The first kappa shape index (κ1) is 12.0. The number of anilines is 2. The molecular weight excluding hydrogens is 230 g/mol. The molecule has 2 rings (SSSR count). The van der Waals surface area contributed by atoms with Gasteiger partial charge in [0.25, 0.3) is 5.91 Å². The predicted octanol–water partition coefficient (Wildman–Crippen LogP) is 1.47. The highest BCUT2D eigenvalue weighted by molar-refractivity contribution is 6.04. The molecule has 0 aliphatic carbocycles. The van der Waals surface area contributed by atoms with Crippen molar-refractivity contribution in [1.29, 1.82) is 0 Å². The van der Waals surface area contributed by atoms with Gasteiger partial charge < -0.3 is 5.32 Å². The first-order valence-corrected chi connectivity index (χ1v) is 5.44. The van der Waals surface area contributed by atoms with Crippen LogP contribution in [0.25, 0.3) is 0 Å². The van der Waals surface area contributed by atoms with E-state index in [0.717, 1.165) is 11.3 Å². The molecule has 0 aliphatic heterocycles. The van der Waals surface area contributed by atoms with Crippen molar-refractivity contribution in [3.63, 3.8) is 0 Å². The highest BCUT2D eigenvalue weighted by Crippen LogP contribution is 2.15. The van der Waals surface area contributed by atoms with Gasteiger partial charge in [-0.1, -0.05) is 0 Å². The Hall–Kier alpha value is -2.50. The molecule has 0 fully saturated rings. The molecule has 1 aromatic carbocycles. The van der Waals surface area contributed by atoms with Gasteiger partial charge in [-0.05, 0) is 30.7 Å². The number of nitrogens with zero attached hydrogens (tertiary/aromatic N) is 3. The Morgan fingerprint density at radius 3 is 2.72 bits per heavy atom. The summed E-state index contributed by atoms with van der Waals surface area (Å²) in [4.78, 5) is 15.9. The largest absolute Gasteiger partial charge is 0.388 e. The number of benzene rings is 1. The van der Waals surface area contributed by atoms with Gasteiger partial charge in [0.2, 0.25) is 5.95 Å². The summed E-state index contributed by atoms with van der Waals surface area (Å²) < 4.78 is 0. The molecule has 0 bridgehead atoms. The van der Waals surface area contributed by atoms with Crippen LogP contribution >= 0.6 is 0 Å². The van der Waals surface area contributed by atoms with Crippen LogP contribution in [0.5, 0.6) is 0 Å². The summed E-state index contributed by atoms with van der Waals surface area (Å²) in [5, 5.41) is 13.0. The fourth-order valence-corrected chi connectivity index (χ4v) is 1.55. The molecule has 0 spiro atoms. The second-order valence-corrected chi connectivity index (χ2v) is 3.70. The zero-order valence-corrected chi connectivity index (χ0v) is 10.1. The van der Waals surface area contributed by atoms with Gasteiger partial charge in [-0.15, -0.1) is 5.10 Å². The summed E-state index contributed by atoms with van der Waals surface area (Å²) in [6, 6.07) is 5.50. The quantitative estimate of drug-likeness (QED) is 0.853. The highest BCUT2D eigenvalue weighted by atomic mass is 16.1. The maximum atomic E-state index is 12.0. The van der Waals surface area contributed by atoms with Crippen molar-refractivity contribution in [3.05, 3.63) is 41.7 Å². The molecule has 2 aromatic rings. The Morgan fingerprint density at radius 1 is 1.28 bits per heavy atom. The van der Waals surface area contributed by atoms with Crippen molar-refractivity contribution in [2.45, 2.75) is 6.92 Å². The average Bonchev–Trinajstić information content (AvgIpc) is 2.39. The van der Waals surface area contributed by atoms with Crippen LogP contribution in [0.3, 0.4) is 0 Å². The molecule has 2 N–H and O–H groups in total. The molecule has 0 saturated heterocycles. The molecule has 18 heavy (non-hydrogen) atoms. The number of carbonyl (C=O) groups excluding carboxylic acids is 1. The van der Waals surface area contributed by atoms with Crippen molar-refractivity contribution < 1.29 is 4.79 Å². The van der Waals surface area contributed by atoms with E-state index in [1.807, 2.05) is 26.1 Å². The van der Waals surface area contributed by atoms with Gasteiger partial charge in [0.05, 0.1) is 12.4 Å². The number of aromatic nitrogens is 3. The topological polar surface area (TPSA) is 79.8 Å². The van der Waals surface area contributed by atoms with Crippen LogP contribution in [0.1, 0.15) is 15.9 Å². The lowest BCUT2D eigenvalue weighted by molar-refractivity contribution is 0.102. The van der Waals surface area contributed by atoms with E-state index in [9.17, 15) is 4.79 Å². The number of aryl methyl sites for hydroxylation is 1. The molecule has 1 aromatic heterocycles. The number of amides is 1.